The van der Waals surface area contributed by atoms with Crippen molar-refractivity contribution in [1.82, 2.24) is 9.80 Å². The smallest absolute Gasteiger partial charge is 0.227 e. The number of aliphatic hydroxyl groups is 1. The second-order valence-corrected chi connectivity index (χ2v) is 9.47. The molecule has 2 aromatic carbocycles. The van der Waals surface area contributed by atoms with Gasteiger partial charge < -0.3 is 14.9 Å². The Labute approximate surface area is 201 Å². The number of nitrogens with zero attached hydrogens (tertiary/aromatic N) is 2. The van der Waals surface area contributed by atoms with Crippen molar-refractivity contribution < 1.29 is 18.7 Å². The number of piperidine rings is 1. The minimum atomic E-state index is -1.01. The van der Waals surface area contributed by atoms with E-state index in [0.29, 0.717) is 31.7 Å². The van der Waals surface area contributed by atoms with Crippen molar-refractivity contribution in [2.75, 3.05) is 32.7 Å². The average Bonchev–Trinajstić information content (AvgIpc) is 3.21. The Morgan fingerprint density at radius 3 is 2.24 bits per heavy atom. The standard InChI is InChI=1S/C26H32F2N2O2.ClH/c1-4-29-15-22(21-11-10-20(27)12-24(21)28)23(16-29)25(31)30-13-17(2)26(32,18(3)14-30)19-8-6-5-7-9-19;/h5-12,17-18,22-23,32H,4,13-16H2,1-3H3;1H/t17-,18+,22-,23+,26?;/m0./s1. The highest BCUT2D eigenvalue weighted by molar-refractivity contribution is 5.85. The van der Waals surface area contributed by atoms with Crippen LogP contribution in [0.2, 0.25) is 0 Å². The largest absolute Gasteiger partial charge is 0.384 e. The van der Waals surface area contributed by atoms with Crippen molar-refractivity contribution in [3.8, 4) is 0 Å². The SMILES string of the molecule is CCN1C[C@@H](C(=O)N2C[C@@H](C)C(O)(c3ccccc3)[C@@H](C)C2)[C@H](c2ccc(F)cc2F)C1.Cl. The molecule has 2 aliphatic rings. The zero-order valence-corrected chi connectivity index (χ0v) is 20.2. The molecule has 1 N–H and O–H groups in total. The number of likely N-dealkylation sites (tertiary alicyclic amines) is 2. The number of hydrogen-bond acceptors (Lipinski definition) is 3. The molecular formula is C26H33ClF2N2O2. The average molecular weight is 479 g/mol. The number of carbonyl (C=O) groups is 1. The van der Waals surface area contributed by atoms with E-state index in [-0.39, 0.29) is 36.1 Å². The summed E-state index contributed by atoms with van der Waals surface area (Å²) in [6.07, 6.45) is 0. The number of carbonyl (C=O) groups excluding carboxylic acids is 1. The van der Waals surface area contributed by atoms with E-state index < -0.39 is 23.2 Å². The van der Waals surface area contributed by atoms with Gasteiger partial charge in [0.1, 0.15) is 11.6 Å². The molecule has 2 fully saturated rings. The van der Waals surface area contributed by atoms with Crippen LogP contribution in [0.4, 0.5) is 8.78 Å². The molecular weight excluding hydrogens is 446 g/mol. The molecule has 0 radical (unpaired) electrons. The summed E-state index contributed by atoms with van der Waals surface area (Å²) < 4.78 is 28.1. The summed E-state index contributed by atoms with van der Waals surface area (Å²) >= 11 is 0. The second kappa shape index (κ2) is 10.1. The summed E-state index contributed by atoms with van der Waals surface area (Å²) in [5, 5.41) is 11.6. The molecule has 2 aromatic rings. The number of amides is 1. The molecule has 2 aliphatic heterocycles. The van der Waals surface area contributed by atoms with Gasteiger partial charge in [-0.3, -0.25) is 4.79 Å². The van der Waals surface area contributed by atoms with Gasteiger partial charge >= 0.3 is 0 Å². The van der Waals surface area contributed by atoms with E-state index in [2.05, 4.69) is 4.90 Å². The molecule has 0 bridgehead atoms. The zero-order valence-electron chi connectivity index (χ0n) is 19.4. The Hall–Kier alpha value is -2.02. The molecule has 33 heavy (non-hydrogen) atoms. The zero-order chi connectivity index (χ0) is 23.0. The van der Waals surface area contributed by atoms with Crippen molar-refractivity contribution in [2.45, 2.75) is 32.3 Å². The Morgan fingerprint density at radius 2 is 1.67 bits per heavy atom. The number of likely N-dealkylation sites (N-methyl/N-ethyl adjacent to an activating group) is 1. The first kappa shape index (κ1) is 25.6. The maximum absolute atomic E-state index is 14.6. The van der Waals surface area contributed by atoms with E-state index in [9.17, 15) is 18.7 Å². The minimum Gasteiger partial charge on any atom is -0.384 e. The Kier molecular flexibility index (Phi) is 7.82. The van der Waals surface area contributed by atoms with Crippen molar-refractivity contribution in [3.05, 3.63) is 71.3 Å². The maximum atomic E-state index is 14.6. The molecule has 2 heterocycles. The van der Waals surface area contributed by atoms with E-state index in [1.54, 1.807) is 0 Å². The van der Waals surface area contributed by atoms with Gasteiger partial charge in [-0.2, -0.15) is 0 Å². The van der Waals surface area contributed by atoms with Crippen LogP contribution >= 0.6 is 12.4 Å². The van der Waals surface area contributed by atoms with E-state index >= 15 is 0 Å². The summed E-state index contributed by atoms with van der Waals surface area (Å²) in [6.45, 7) is 8.76. The topological polar surface area (TPSA) is 43.8 Å². The molecule has 4 rings (SSSR count). The molecule has 0 aliphatic carbocycles. The van der Waals surface area contributed by atoms with Gasteiger partial charge in [0, 0.05) is 50.0 Å². The van der Waals surface area contributed by atoms with E-state index in [0.717, 1.165) is 18.2 Å². The van der Waals surface area contributed by atoms with Crippen LogP contribution in [-0.4, -0.2) is 53.5 Å². The molecule has 1 amide bonds. The van der Waals surface area contributed by atoms with Crippen LogP contribution in [0.1, 0.15) is 37.8 Å². The predicted molar refractivity (Wildman–Crippen MR) is 127 cm³/mol. The first-order valence-corrected chi connectivity index (χ1v) is 11.5. The number of benzene rings is 2. The molecule has 0 saturated carbocycles. The van der Waals surface area contributed by atoms with Crippen molar-refractivity contribution >= 4 is 18.3 Å². The summed E-state index contributed by atoms with van der Waals surface area (Å²) in [5.41, 5.74) is 0.266. The first-order chi connectivity index (χ1) is 15.3. The maximum Gasteiger partial charge on any atom is 0.227 e. The molecule has 5 atom stereocenters. The van der Waals surface area contributed by atoms with Crippen LogP contribution in [0.25, 0.3) is 0 Å². The predicted octanol–water partition coefficient (Wildman–Crippen LogP) is 4.42. The lowest BCUT2D eigenvalue weighted by molar-refractivity contribution is -0.152. The lowest BCUT2D eigenvalue weighted by Crippen LogP contribution is -2.57. The minimum absolute atomic E-state index is 0. The highest BCUT2D eigenvalue weighted by Crippen LogP contribution is 2.43. The highest BCUT2D eigenvalue weighted by Gasteiger charge is 2.49. The van der Waals surface area contributed by atoms with Gasteiger partial charge in [-0.25, -0.2) is 8.78 Å². The van der Waals surface area contributed by atoms with Crippen molar-refractivity contribution in [3.63, 3.8) is 0 Å². The van der Waals surface area contributed by atoms with E-state index in [1.165, 1.54) is 12.1 Å². The molecule has 0 aromatic heterocycles. The molecule has 2 saturated heterocycles. The van der Waals surface area contributed by atoms with Gasteiger partial charge in [-0.05, 0) is 23.7 Å². The lowest BCUT2D eigenvalue weighted by Gasteiger charge is -2.48. The van der Waals surface area contributed by atoms with Crippen LogP contribution < -0.4 is 0 Å². The monoisotopic (exact) mass is 478 g/mol. The molecule has 4 nitrogen and oxygen atoms in total. The second-order valence-electron chi connectivity index (χ2n) is 9.47. The van der Waals surface area contributed by atoms with Crippen LogP contribution in [0.15, 0.2) is 48.5 Å². The van der Waals surface area contributed by atoms with Crippen LogP contribution in [0, 0.1) is 29.4 Å². The fraction of sp³-hybridized carbons (Fsp3) is 0.500. The first-order valence-electron chi connectivity index (χ1n) is 11.5. The van der Waals surface area contributed by atoms with Gasteiger partial charge in [0.2, 0.25) is 5.91 Å². The van der Waals surface area contributed by atoms with E-state index in [1.807, 2.05) is 56.0 Å². The van der Waals surface area contributed by atoms with Crippen LogP contribution in [-0.2, 0) is 10.4 Å². The third-order valence-corrected chi connectivity index (χ3v) is 7.56. The third-order valence-electron chi connectivity index (χ3n) is 7.56. The molecule has 7 heteroatoms. The molecule has 1 unspecified atom stereocenters. The normalized spacial score (nSPS) is 30.2. The fourth-order valence-electron chi connectivity index (χ4n) is 5.70. The molecule has 180 valence electrons. The summed E-state index contributed by atoms with van der Waals surface area (Å²) in [6, 6.07) is 13.3. The Bertz CT molecular complexity index is 962. The van der Waals surface area contributed by atoms with Gasteiger partial charge in [-0.1, -0.05) is 57.2 Å². The van der Waals surface area contributed by atoms with Crippen molar-refractivity contribution in [1.29, 1.82) is 0 Å². The van der Waals surface area contributed by atoms with Gasteiger partial charge in [0.25, 0.3) is 0 Å². The van der Waals surface area contributed by atoms with Crippen LogP contribution in [0.5, 0.6) is 0 Å². The fourth-order valence-corrected chi connectivity index (χ4v) is 5.70. The van der Waals surface area contributed by atoms with Gasteiger partial charge in [0.15, 0.2) is 0 Å². The number of hydrogen-bond donors (Lipinski definition) is 1. The summed E-state index contributed by atoms with van der Waals surface area (Å²) in [4.78, 5) is 17.7. The summed E-state index contributed by atoms with van der Waals surface area (Å²) in [5.74, 6) is -2.23. The van der Waals surface area contributed by atoms with E-state index in [4.69, 9.17) is 0 Å². The van der Waals surface area contributed by atoms with Crippen LogP contribution in [0.3, 0.4) is 0 Å². The number of rotatable bonds is 4. The lowest BCUT2D eigenvalue weighted by atomic mass is 9.70. The Morgan fingerprint density at radius 1 is 1.03 bits per heavy atom. The quantitative estimate of drug-likeness (QED) is 0.707. The Balaban J connectivity index is 0.00000306. The third kappa shape index (κ3) is 4.66. The van der Waals surface area contributed by atoms with Gasteiger partial charge in [0.05, 0.1) is 11.5 Å². The highest BCUT2D eigenvalue weighted by atomic mass is 35.5. The van der Waals surface area contributed by atoms with Gasteiger partial charge in [-0.15, -0.1) is 12.4 Å². The summed E-state index contributed by atoms with van der Waals surface area (Å²) in [7, 11) is 0. The molecule has 0 spiro atoms. The number of halogens is 3. The van der Waals surface area contributed by atoms with Crippen molar-refractivity contribution in [2.24, 2.45) is 17.8 Å².